The van der Waals surface area contributed by atoms with E-state index in [0.29, 0.717) is 0 Å². The normalized spacial score (nSPS) is 31.8. The van der Waals surface area contributed by atoms with Crippen molar-refractivity contribution in [1.82, 2.24) is 5.32 Å². The Labute approximate surface area is 94.8 Å². The summed E-state index contributed by atoms with van der Waals surface area (Å²) in [7, 11) is 2.06. The summed E-state index contributed by atoms with van der Waals surface area (Å²) in [6.45, 7) is 7.62. The zero-order valence-electron chi connectivity index (χ0n) is 10.6. The third kappa shape index (κ3) is 4.52. The standard InChI is InChI=1S/C13H27NO/c1-4-7-15-10-13-8-11(2)5-6-12(13)9-14-3/h11-14H,4-10H2,1-3H3. The van der Waals surface area contributed by atoms with Gasteiger partial charge in [-0.1, -0.05) is 20.3 Å². The first-order valence-corrected chi connectivity index (χ1v) is 6.50. The molecule has 1 N–H and O–H groups in total. The van der Waals surface area contributed by atoms with Crippen LogP contribution in [0.1, 0.15) is 39.5 Å². The quantitative estimate of drug-likeness (QED) is 0.685. The van der Waals surface area contributed by atoms with Crippen molar-refractivity contribution in [2.75, 3.05) is 26.8 Å². The predicted molar refractivity (Wildman–Crippen MR) is 65.0 cm³/mol. The molecule has 0 aliphatic heterocycles. The van der Waals surface area contributed by atoms with Gasteiger partial charge in [-0.3, -0.25) is 0 Å². The summed E-state index contributed by atoms with van der Waals surface area (Å²) in [6, 6.07) is 0. The summed E-state index contributed by atoms with van der Waals surface area (Å²) < 4.78 is 5.72. The fourth-order valence-electron chi connectivity index (χ4n) is 2.68. The van der Waals surface area contributed by atoms with Crippen molar-refractivity contribution in [3.8, 4) is 0 Å². The summed E-state index contributed by atoms with van der Waals surface area (Å²) in [5, 5.41) is 3.32. The second kappa shape index (κ2) is 7.24. The van der Waals surface area contributed by atoms with Crippen LogP contribution in [0.5, 0.6) is 0 Å². The van der Waals surface area contributed by atoms with Gasteiger partial charge in [0.2, 0.25) is 0 Å². The lowest BCUT2D eigenvalue weighted by Gasteiger charge is -2.34. The molecule has 0 radical (unpaired) electrons. The molecular formula is C13H27NO. The molecule has 3 atom stereocenters. The van der Waals surface area contributed by atoms with Gasteiger partial charge in [0.1, 0.15) is 0 Å². The first-order valence-electron chi connectivity index (χ1n) is 6.50. The Hall–Kier alpha value is -0.0800. The fourth-order valence-corrected chi connectivity index (χ4v) is 2.68. The Kier molecular flexibility index (Phi) is 6.26. The van der Waals surface area contributed by atoms with E-state index in [-0.39, 0.29) is 0 Å². The number of rotatable bonds is 6. The van der Waals surface area contributed by atoms with Crippen molar-refractivity contribution < 1.29 is 4.74 Å². The van der Waals surface area contributed by atoms with Gasteiger partial charge >= 0.3 is 0 Å². The van der Waals surface area contributed by atoms with E-state index in [1.807, 2.05) is 0 Å². The second-order valence-electron chi connectivity index (χ2n) is 5.07. The van der Waals surface area contributed by atoms with Crippen LogP contribution in [0.15, 0.2) is 0 Å². The molecule has 0 amide bonds. The Bertz CT molecular complexity index is 161. The zero-order chi connectivity index (χ0) is 11.1. The molecule has 1 fully saturated rings. The Morgan fingerprint density at radius 2 is 2.07 bits per heavy atom. The summed E-state index contributed by atoms with van der Waals surface area (Å²) in [5.41, 5.74) is 0. The van der Waals surface area contributed by atoms with E-state index in [1.54, 1.807) is 0 Å². The monoisotopic (exact) mass is 213 g/mol. The van der Waals surface area contributed by atoms with Crippen LogP contribution >= 0.6 is 0 Å². The van der Waals surface area contributed by atoms with Crippen LogP contribution in [-0.2, 0) is 4.74 Å². The molecular weight excluding hydrogens is 186 g/mol. The average molecular weight is 213 g/mol. The fraction of sp³-hybridized carbons (Fsp3) is 1.00. The van der Waals surface area contributed by atoms with E-state index in [4.69, 9.17) is 4.74 Å². The van der Waals surface area contributed by atoms with Gasteiger partial charge in [-0.15, -0.1) is 0 Å². The maximum absolute atomic E-state index is 5.72. The van der Waals surface area contributed by atoms with Crippen LogP contribution in [-0.4, -0.2) is 26.8 Å². The molecule has 0 spiro atoms. The van der Waals surface area contributed by atoms with Crippen molar-refractivity contribution in [2.45, 2.75) is 39.5 Å². The summed E-state index contributed by atoms with van der Waals surface area (Å²) in [4.78, 5) is 0. The van der Waals surface area contributed by atoms with E-state index in [9.17, 15) is 0 Å². The molecule has 0 aromatic heterocycles. The maximum Gasteiger partial charge on any atom is 0.0497 e. The van der Waals surface area contributed by atoms with Crippen LogP contribution in [0.25, 0.3) is 0 Å². The second-order valence-corrected chi connectivity index (χ2v) is 5.07. The third-order valence-corrected chi connectivity index (χ3v) is 3.55. The minimum atomic E-state index is 0.785. The zero-order valence-corrected chi connectivity index (χ0v) is 10.6. The highest BCUT2D eigenvalue weighted by molar-refractivity contribution is 4.79. The highest BCUT2D eigenvalue weighted by atomic mass is 16.5. The van der Waals surface area contributed by atoms with Gasteiger partial charge in [0.05, 0.1) is 0 Å². The Balaban J connectivity index is 2.32. The number of ether oxygens (including phenoxy) is 1. The van der Waals surface area contributed by atoms with Gasteiger partial charge < -0.3 is 10.1 Å². The highest BCUT2D eigenvalue weighted by Gasteiger charge is 2.27. The lowest BCUT2D eigenvalue weighted by Crippen LogP contribution is -2.33. The van der Waals surface area contributed by atoms with E-state index in [2.05, 4.69) is 26.2 Å². The van der Waals surface area contributed by atoms with Gasteiger partial charge in [0.15, 0.2) is 0 Å². The van der Waals surface area contributed by atoms with Crippen LogP contribution in [0.3, 0.4) is 0 Å². The molecule has 2 heteroatoms. The molecule has 1 aliphatic rings. The molecule has 15 heavy (non-hydrogen) atoms. The molecule has 0 saturated heterocycles. The van der Waals surface area contributed by atoms with Crippen molar-refractivity contribution in [3.05, 3.63) is 0 Å². The van der Waals surface area contributed by atoms with Crippen LogP contribution < -0.4 is 5.32 Å². The van der Waals surface area contributed by atoms with Crippen molar-refractivity contribution in [2.24, 2.45) is 17.8 Å². The first-order chi connectivity index (χ1) is 7.27. The molecule has 0 aromatic carbocycles. The van der Waals surface area contributed by atoms with E-state index >= 15 is 0 Å². The topological polar surface area (TPSA) is 21.3 Å². The lowest BCUT2D eigenvalue weighted by atomic mass is 9.75. The Morgan fingerprint density at radius 1 is 1.27 bits per heavy atom. The first kappa shape index (κ1) is 13.0. The van der Waals surface area contributed by atoms with Crippen LogP contribution in [0, 0.1) is 17.8 Å². The molecule has 1 aliphatic carbocycles. The largest absolute Gasteiger partial charge is 0.381 e. The van der Waals surface area contributed by atoms with Crippen molar-refractivity contribution in [3.63, 3.8) is 0 Å². The third-order valence-electron chi connectivity index (χ3n) is 3.55. The van der Waals surface area contributed by atoms with Crippen LogP contribution in [0.4, 0.5) is 0 Å². The van der Waals surface area contributed by atoms with Gasteiger partial charge in [-0.05, 0) is 50.6 Å². The van der Waals surface area contributed by atoms with Gasteiger partial charge in [0.25, 0.3) is 0 Å². The molecule has 0 heterocycles. The van der Waals surface area contributed by atoms with Gasteiger partial charge in [-0.2, -0.15) is 0 Å². The molecule has 1 rings (SSSR count). The van der Waals surface area contributed by atoms with Gasteiger partial charge in [-0.25, -0.2) is 0 Å². The maximum atomic E-state index is 5.72. The lowest BCUT2D eigenvalue weighted by molar-refractivity contribution is 0.0479. The highest BCUT2D eigenvalue weighted by Crippen LogP contribution is 2.33. The number of hydrogen-bond acceptors (Lipinski definition) is 2. The molecule has 0 aromatic rings. The van der Waals surface area contributed by atoms with E-state index in [1.165, 1.54) is 19.3 Å². The minimum absolute atomic E-state index is 0.785. The van der Waals surface area contributed by atoms with Crippen molar-refractivity contribution >= 4 is 0 Å². The van der Waals surface area contributed by atoms with Gasteiger partial charge in [0, 0.05) is 13.2 Å². The minimum Gasteiger partial charge on any atom is -0.381 e. The summed E-state index contributed by atoms with van der Waals surface area (Å²) in [5.74, 6) is 2.52. The number of nitrogens with one attached hydrogen (secondary N) is 1. The molecule has 90 valence electrons. The summed E-state index contributed by atoms with van der Waals surface area (Å²) >= 11 is 0. The van der Waals surface area contributed by atoms with Crippen LogP contribution in [0.2, 0.25) is 0 Å². The van der Waals surface area contributed by atoms with E-state index < -0.39 is 0 Å². The molecule has 2 nitrogen and oxygen atoms in total. The SMILES string of the molecule is CCCOCC1CC(C)CCC1CNC. The van der Waals surface area contributed by atoms with Crippen molar-refractivity contribution in [1.29, 1.82) is 0 Å². The molecule has 1 saturated carbocycles. The average Bonchev–Trinajstić information content (AvgIpc) is 2.22. The molecule has 0 bridgehead atoms. The smallest absolute Gasteiger partial charge is 0.0497 e. The summed E-state index contributed by atoms with van der Waals surface area (Å²) in [6.07, 6.45) is 5.27. The number of hydrogen-bond donors (Lipinski definition) is 1. The predicted octanol–water partition coefficient (Wildman–Crippen LogP) is 2.68. The Morgan fingerprint density at radius 3 is 2.73 bits per heavy atom. The molecule has 3 unspecified atom stereocenters. The van der Waals surface area contributed by atoms with E-state index in [0.717, 1.165) is 43.9 Å².